The summed E-state index contributed by atoms with van der Waals surface area (Å²) in [5, 5.41) is 2.92. The zero-order valence-electron chi connectivity index (χ0n) is 10.4. The van der Waals surface area contributed by atoms with Gasteiger partial charge in [-0.15, -0.1) is 12.4 Å². The predicted octanol–water partition coefficient (Wildman–Crippen LogP) is 1.44. The summed E-state index contributed by atoms with van der Waals surface area (Å²) in [7, 11) is -1.80. The highest BCUT2D eigenvalue weighted by molar-refractivity contribution is 7.89. The molecule has 0 spiro atoms. The van der Waals surface area contributed by atoms with Crippen molar-refractivity contribution in [2.45, 2.75) is 18.2 Å². The fourth-order valence-corrected chi connectivity index (χ4v) is 2.38. The van der Waals surface area contributed by atoms with Gasteiger partial charge in [-0.3, -0.25) is 0 Å². The Bertz CT molecular complexity index is 480. The van der Waals surface area contributed by atoms with Crippen LogP contribution < -0.4 is 10.0 Å². The van der Waals surface area contributed by atoms with Crippen LogP contribution in [0.15, 0.2) is 23.1 Å². The van der Waals surface area contributed by atoms with Gasteiger partial charge in [0.25, 0.3) is 0 Å². The molecule has 0 saturated heterocycles. The molecule has 0 heterocycles. The highest BCUT2D eigenvalue weighted by Gasteiger charge is 2.14. The van der Waals surface area contributed by atoms with Crippen LogP contribution in [0.4, 0.5) is 4.39 Å². The molecule has 1 aromatic rings. The van der Waals surface area contributed by atoms with Gasteiger partial charge in [-0.25, -0.2) is 17.5 Å². The maximum atomic E-state index is 13.3. The van der Waals surface area contributed by atoms with Crippen LogP contribution in [0.25, 0.3) is 0 Å². The van der Waals surface area contributed by atoms with Gasteiger partial charge in [0.1, 0.15) is 5.82 Å². The Morgan fingerprint density at radius 3 is 2.50 bits per heavy atom. The monoisotopic (exact) mass is 296 g/mol. The normalized spacial score (nSPS) is 11.1. The third-order valence-electron chi connectivity index (χ3n) is 2.35. The average molecular weight is 297 g/mol. The summed E-state index contributed by atoms with van der Waals surface area (Å²) in [4.78, 5) is -0.0370. The Hall–Kier alpha value is -0.690. The molecule has 0 atom stereocenters. The van der Waals surface area contributed by atoms with Crippen LogP contribution in [0.5, 0.6) is 0 Å². The lowest BCUT2D eigenvalue weighted by Crippen LogP contribution is -2.26. The predicted molar refractivity (Wildman–Crippen MR) is 72.1 cm³/mol. The lowest BCUT2D eigenvalue weighted by Gasteiger charge is -2.07. The van der Waals surface area contributed by atoms with Crippen molar-refractivity contribution < 1.29 is 12.8 Å². The van der Waals surface area contributed by atoms with E-state index in [1.54, 1.807) is 14.0 Å². The third kappa shape index (κ3) is 4.89. The van der Waals surface area contributed by atoms with E-state index in [2.05, 4.69) is 10.0 Å². The summed E-state index contributed by atoms with van der Waals surface area (Å²) in [6, 6.07) is 3.89. The Morgan fingerprint density at radius 1 is 1.28 bits per heavy atom. The molecule has 0 aliphatic rings. The van der Waals surface area contributed by atoms with Crippen molar-refractivity contribution in [1.82, 2.24) is 10.0 Å². The van der Waals surface area contributed by atoms with E-state index in [1.165, 1.54) is 12.1 Å². The zero-order chi connectivity index (χ0) is 12.9. The maximum absolute atomic E-state index is 13.3. The molecule has 0 aliphatic heterocycles. The van der Waals surface area contributed by atoms with Crippen LogP contribution in [-0.2, 0) is 10.0 Å². The second kappa shape index (κ2) is 7.68. The molecule has 0 aliphatic carbocycles. The van der Waals surface area contributed by atoms with Crippen molar-refractivity contribution in [3.05, 3.63) is 29.6 Å². The Balaban J connectivity index is 0.00000289. The fraction of sp³-hybridized carbons (Fsp3) is 0.455. The fourth-order valence-electron chi connectivity index (χ4n) is 1.30. The quantitative estimate of drug-likeness (QED) is 0.781. The van der Waals surface area contributed by atoms with E-state index in [-0.39, 0.29) is 17.3 Å². The highest BCUT2D eigenvalue weighted by atomic mass is 35.5. The van der Waals surface area contributed by atoms with Crippen LogP contribution in [0, 0.1) is 12.7 Å². The van der Waals surface area contributed by atoms with Crippen LogP contribution in [0.3, 0.4) is 0 Å². The molecule has 0 amide bonds. The first kappa shape index (κ1) is 17.3. The molecule has 104 valence electrons. The van der Waals surface area contributed by atoms with Crippen molar-refractivity contribution in [2.75, 3.05) is 20.1 Å². The molecule has 0 bridgehead atoms. The lowest BCUT2D eigenvalue weighted by atomic mass is 10.2. The summed E-state index contributed by atoms with van der Waals surface area (Å²) in [6.45, 7) is 2.65. The number of aryl methyl sites for hydroxylation is 1. The SMILES string of the molecule is CNCCCNS(=O)(=O)c1ccc(C)c(F)c1.Cl. The second-order valence-corrected chi connectivity index (χ2v) is 5.53. The van der Waals surface area contributed by atoms with Crippen LogP contribution in [-0.4, -0.2) is 28.6 Å². The maximum Gasteiger partial charge on any atom is 0.240 e. The van der Waals surface area contributed by atoms with E-state index in [1.807, 2.05) is 0 Å². The van der Waals surface area contributed by atoms with Gasteiger partial charge in [-0.1, -0.05) is 6.07 Å². The number of nitrogens with one attached hydrogen (secondary N) is 2. The number of halogens is 2. The summed E-state index contributed by atoms with van der Waals surface area (Å²) >= 11 is 0. The van der Waals surface area contributed by atoms with Crippen LogP contribution >= 0.6 is 12.4 Å². The van der Waals surface area contributed by atoms with Gasteiger partial charge in [0, 0.05) is 6.54 Å². The topological polar surface area (TPSA) is 58.2 Å². The second-order valence-electron chi connectivity index (χ2n) is 3.77. The van der Waals surface area contributed by atoms with Crippen molar-refractivity contribution >= 4 is 22.4 Å². The van der Waals surface area contributed by atoms with Gasteiger partial charge < -0.3 is 5.32 Å². The molecule has 7 heteroatoms. The number of hydrogen-bond donors (Lipinski definition) is 2. The van der Waals surface area contributed by atoms with E-state index in [4.69, 9.17) is 0 Å². The molecule has 1 rings (SSSR count). The molecule has 0 unspecified atom stereocenters. The van der Waals surface area contributed by atoms with E-state index >= 15 is 0 Å². The Labute approximate surface area is 113 Å². The first-order valence-corrected chi connectivity index (χ1v) is 6.86. The lowest BCUT2D eigenvalue weighted by molar-refractivity contribution is 0.573. The molecule has 0 saturated carbocycles. The molecular weight excluding hydrogens is 279 g/mol. The number of benzene rings is 1. The number of hydrogen-bond acceptors (Lipinski definition) is 3. The summed E-state index contributed by atoms with van der Waals surface area (Å²) in [5.74, 6) is -0.511. The van der Waals surface area contributed by atoms with Crippen molar-refractivity contribution in [3.63, 3.8) is 0 Å². The first-order chi connectivity index (χ1) is 7.97. The molecule has 1 aromatic carbocycles. The first-order valence-electron chi connectivity index (χ1n) is 5.38. The summed E-state index contributed by atoms with van der Waals surface area (Å²) in [5.41, 5.74) is 0.430. The molecule has 0 radical (unpaired) electrons. The van der Waals surface area contributed by atoms with Crippen molar-refractivity contribution in [1.29, 1.82) is 0 Å². The zero-order valence-corrected chi connectivity index (χ0v) is 12.0. The van der Waals surface area contributed by atoms with Crippen molar-refractivity contribution in [2.24, 2.45) is 0 Å². The van der Waals surface area contributed by atoms with E-state index in [9.17, 15) is 12.8 Å². The third-order valence-corrected chi connectivity index (χ3v) is 3.81. The smallest absolute Gasteiger partial charge is 0.240 e. The van der Waals surface area contributed by atoms with Crippen LogP contribution in [0.1, 0.15) is 12.0 Å². The number of rotatable bonds is 6. The van der Waals surface area contributed by atoms with Gasteiger partial charge in [-0.05, 0) is 44.6 Å². The molecular formula is C11H18ClFN2O2S. The molecule has 18 heavy (non-hydrogen) atoms. The van der Waals surface area contributed by atoms with E-state index in [0.29, 0.717) is 18.5 Å². The molecule has 0 aromatic heterocycles. The molecule has 2 N–H and O–H groups in total. The number of sulfonamides is 1. The standard InChI is InChI=1S/C11H17FN2O2S.ClH/c1-9-4-5-10(8-11(9)12)17(15,16)14-7-3-6-13-2;/h4-5,8,13-14H,3,6-7H2,1-2H3;1H. The van der Waals surface area contributed by atoms with Gasteiger partial charge in [0.2, 0.25) is 10.0 Å². The van der Waals surface area contributed by atoms with Crippen molar-refractivity contribution in [3.8, 4) is 0 Å². The van der Waals surface area contributed by atoms with Crippen LogP contribution in [0.2, 0.25) is 0 Å². The Kier molecular flexibility index (Phi) is 7.39. The van der Waals surface area contributed by atoms with Gasteiger partial charge in [0.05, 0.1) is 4.90 Å². The minimum absolute atomic E-state index is 0. The Morgan fingerprint density at radius 2 is 1.94 bits per heavy atom. The average Bonchev–Trinajstić information content (AvgIpc) is 2.28. The summed E-state index contributed by atoms with van der Waals surface area (Å²) in [6.07, 6.45) is 0.685. The summed E-state index contributed by atoms with van der Waals surface area (Å²) < 4.78 is 39.2. The molecule has 4 nitrogen and oxygen atoms in total. The minimum Gasteiger partial charge on any atom is -0.320 e. The largest absolute Gasteiger partial charge is 0.320 e. The molecule has 0 fully saturated rings. The van der Waals surface area contributed by atoms with E-state index < -0.39 is 15.8 Å². The van der Waals surface area contributed by atoms with Gasteiger partial charge in [-0.2, -0.15) is 0 Å². The van der Waals surface area contributed by atoms with Gasteiger partial charge >= 0.3 is 0 Å². The van der Waals surface area contributed by atoms with Gasteiger partial charge in [0.15, 0.2) is 0 Å². The highest BCUT2D eigenvalue weighted by Crippen LogP contribution is 2.13. The van der Waals surface area contributed by atoms with E-state index in [0.717, 1.165) is 12.6 Å². The minimum atomic E-state index is -3.60.